The first-order valence-corrected chi connectivity index (χ1v) is 7.14. The molecule has 0 spiro atoms. The first kappa shape index (κ1) is 15.5. The Labute approximate surface area is 129 Å². The number of nitrogens with zero attached hydrogens (tertiary/aromatic N) is 1. The predicted octanol–water partition coefficient (Wildman–Crippen LogP) is 2.74. The number of pyridine rings is 1. The van der Waals surface area contributed by atoms with Gasteiger partial charge in [0, 0.05) is 6.20 Å². The highest BCUT2D eigenvalue weighted by Gasteiger charge is 2.18. The smallest absolute Gasteiger partial charge is 0.340 e. The molecule has 4 nitrogen and oxygen atoms in total. The van der Waals surface area contributed by atoms with Crippen molar-refractivity contribution in [2.24, 2.45) is 5.73 Å². The summed E-state index contributed by atoms with van der Waals surface area (Å²) >= 11 is 4.00. The van der Waals surface area contributed by atoms with Gasteiger partial charge in [-0.2, -0.15) is 12.6 Å². The molecule has 1 aromatic carbocycles. The summed E-state index contributed by atoms with van der Waals surface area (Å²) in [7, 11) is 0. The number of hydrogen-bond acceptors (Lipinski definition) is 5. The zero-order valence-corrected chi connectivity index (χ0v) is 12.9. The summed E-state index contributed by atoms with van der Waals surface area (Å²) in [5.74, 6) is -0.430. The fourth-order valence-electron chi connectivity index (χ4n) is 2.03. The molecule has 0 saturated carbocycles. The largest absolute Gasteiger partial charge is 0.459 e. The zero-order valence-electron chi connectivity index (χ0n) is 12.0. The fraction of sp³-hybridized carbons (Fsp3) is 0.250. The maximum absolute atomic E-state index is 12.3. The van der Waals surface area contributed by atoms with Crippen LogP contribution in [0.4, 0.5) is 0 Å². The van der Waals surface area contributed by atoms with Crippen molar-refractivity contribution in [2.75, 3.05) is 6.61 Å². The van der Waals surface area contributed by atoms with Crippen LogP contribution in [-0.4, -0.2) is 22.9 Å². The lowest BCUT2D eigenvalue weighted by molar-refractivity contribution is 0.0507. The monoisotopic (exact) mass is 302 g/mol. The lowest BCUT2D eigenvalue weighted by atomic mass is 9.98. The minimum atomic E-state index is -0.492. The minimum absolute atomic E-state index is 0.0591. The number of nitrogens with two attached hydrogens (primary N) is 1. The Balaban J connectivity index is 2.40. The van der Waals surface area contributed by atoms with Crippen molar-refractivity contribution in [1.29, 1.82) is 0 Å². The van der Waals surface area contributed by atoms with Crippen LogP contribution in [0.1, 0.15) is 21.6 Å². The van der Waals surface area contributed by atoms with Crippen molar-refractivity contribution in [3.8, 4) is 11.1 Å². The van der Waals surface area contributed by atoms with Crippen molar-refractivity contribution in [1.82, 2.24) is 4.98 Å². The molecule has 21 heavy (non-hydrogen) atoms. The van der Waals surface area contributed by atoms with E-state index in [-0.39, 0.29) is 6.61 Å². The molecule has 2 N–H and O–H groups in total. The second-order valence-electron chi connectivity index (χ2n) is 4.85. The summed E-state index contributed by atoms with van der Waals surface area (Å²) in [6.45, 7) is 3.86. The highest BCUT2D eigenvalue weighted by atomic mass is 32.1. The van der Waals surface area contributed by atoms with Crippen molar-refractivity contribution >= 4 is 18.6 Å². The molecule has 110 valence electrons. The molecule has 5 heteroatoms. The average molecular weight is 302 g/mol. The standard InChI is InChI=1S/C16H18N2O2S/c1-10-3-5-12(6-4-10)13-7-8-18-11(2)15(13)16(19)20-9-14(17)21/h3-8,14,21H,9,17H2,1-2H3. The van der Waals surface area contributed by atoms with Gasteiger partial charge in [-0.3, -0.25) is 4.98 Å². The van der Waals surface area contributed by atoms with Crippen LogP contribution in [-0.2, 0) is 4.74 Å². The van der Waals surface area contributed by atoms with Gasteiger partial charge in [-0.25, -0.2) is 4.79 Å². The number of esters is 1. The molecule has 0 aliphatic heterocycles. The average Bonchev–Trinajstić information content (AvgIpc) is 2.45. The molecule has 1 unspecified atom stereocenters. The number of rotatable bonds is 4. The number of carbonyl (C=O) groups is 1. The van der Waals surface area contributed by atoms with E-state index in [0.29, 0.717) is 11.3 Å². The Hall–Kier alpha value is -1.85. The Morgan fingerprint density at radius 1 is 1.29 bits per heavy atom. The third kappa shape index (κ3) is 3.83. The number of benzene rings is 1. The highest BCUT2D eigenvalue weighted by molar-refractivity contribution is 7.80. The van der Waals surface area contributed by atoms with Crippen LogP contribution in [0.25, 0.3) is 11.1 Å². The summed E-state index contributed by atoms with van der Waals surface area (Å²) in [5, 5.41) is -0.492. The zero-order chi connectivity index (χ0) is 15.4. The number of thiol groups is 1. The molecular formula is C16H18N2O2S. The van der Waals surface area contributed by atoms with Gasteiger partial charge in [-0.05, 0) is 31.0 Å². The number of carbonyl (C=O) groups excluding carboxylic acids is 1. The van der Waals surface area contributed by atoms with Crippen molar-refractivity contribution < 1.29 is 9.53 Å². The lowest BCUT2D eigenvalue weighted by Gasteiger charge is -2.13. The van der Waals surface area contributed by atoms with Gasteiger partial charge in [0.1, 0.15) is 6.61 Å². The van der Waals surface area contributed by atoms with E-state index in [2.05, 4.69) is 17.6 Å². The van der Waals surface area contributed by atoms with Gasteiger partial charge < -0.3 is 10.5 Å². The van der Waals surface area contributed by atoms with Crippen LogP contribution in [0, 0.1) is 13.8 Å². The Morgan fingerprint density at radius 2 is 1.95 bits per heavy atom. The summed E-state index contributed by atoms with van der Waals surface area (Å²) in [5.41, 5.74) is 9.51. The van der Waals surface area contributed by atoms with Crippen LogP contribution in [0.5, 0.6) is 0 Å². The molecule has 0 aliphatic carbocycles. The molecule has 2 rings (SSSR count). The molecule has 1 heterocycles. The molecule has 1 aromatic heterocycles. The molecule has 1 atom stereocenters. The first-order valence-electron chi connectivity index (χ1n) is 6.62. The molecule has 0 bridgehead atoms. The number of aryl methyl sites for hydroxylation is 2. The third-order valence-corrected chi connectivity index (χ3v) is 3.24. The second kappa shape index (κ2) is 6.74. The van der Waals surface area contributed by atoms with Gasteiger partial charge in [0.2, 0.25) is 0 Å². The van der Waals surface area contributed by atoms with E-state index in [1.165, 1.54) is 0 Å². The summed E-state index contributed by atoms with van der Waals surface area (Å²) in [6, 6.07) is 9.78. The third-order valence-electron chi connectivity index (χ3n) is 3.09. The van der Waals surface area contributed by atoms with Crippen LogP contribution < -0.4 is 5.73 Å². The van der Waals surface area contributed by atoms with Crippen LogP contribution in [0.2, 0.25) is 0 Å². The predicted molar refractivity (Wildman–Crippen MR) is 86.4 cm³/mol. The van der Waals surface area contributed by atoms with Crippen molar-refractivity contribution in [2.45, 2.75) is 19.2 Å². The second-order valence-corrected chi connectivity index (χ2v) is 5.51. The van der Waals surface area contributed by atoms with Gasteiger partial charge in [-0.15, -0.1) is 0 Å². The van der Waals surface area contributed by atoms with E-state index in [4.69, 9.17) is 10.5 Å². The van der Waals surface area contributed by atoms with E-state index in [1.807, 2.05) is 37.3 Å². The van der Waals surface area contributed by atoms with Crippen molar-refractivity contribution in [3.05, 3.63) is 53.3 Å². The van der Waals surface area contributed by atoms with Gasteiger partial charge >= 0.3 is 5.97 Å². The molecule has 2 aromatic rings. The molecule has 0 saturated heterocycles. The number of hydrogen-bond donors (Lipinski definition) is 2. The van der Waals surface area contributed by atoms with E-state index in [1.54, 1.807) is 13.1 Å². The normalized spacial score (nSPS) is 12.0. The minimum Gasteiger partial charge on any atom is -0.459 e. The van der Waals surface area contributed by atoms with E-state index < -0.39 is 11.3 Å². The SMILES string of the molecule is Cc1ccc(-c2ccnc(C)c2C(=O)OCC(N)S)cc1. The van der Waals surface area contributed by atoms with Gasteiger partial charge in [-0.1, -0.05) is 29.8 Å². The molecular weight excluding hydrogens is 284 g/mol. The maximum Gasteiger partial charge on any atom is 0.340 e. The molecule has 0 radical (unpaired) electrons. The van der Waals surface area contributed by atoms with E-state index in [9.17, 15) is 4.79 Å². The Morgan fingerprint density at radius 3 is 2.57 bits per heavy atom. The van der Waals surface area contributed by atoms with Crippen LogP contribution >= 0.6 is 12.6 Å². The number of aromatic nitrogens is 1. The molecule has 0 aliphatic rings. The van der Waals surface area contributed by atoms with Crippen molar-refractivity contribution in [3.63, 3.8) is 0 Å². The number of ether oxygens (including phenoxy) is 1. The lowest BCUT2D eigenvalue weighted by Crippen LogP contribution is -2.22. The fourth-order valence-corrected chi connectivity index (χ4v) is 2.11. The maximum atomic E-state index is 12.3. The summed E-state index contributed by atoms with van der Waals surface area (Å²) in [6.07, 6.45) is 1.69. The first-order chi connectivity index (χ1) is 9.99. The van der Waals surface area contributed by atoms with Crippen LogP contribution in [0.3, 0.4) is 0 Å². The highest BCUT2D eigenvalue weighted by Crippen LogP contribution is 2.26. The van der Waals surface area contributed by atoms with Gasteiger partial charge in [0.15, 0.2) is 0 Å². The van der Waals surface area contributed by atoms with Gasteiger partial charge in [0.05, 0.1) is 16.6 Å². The summed E-state index contributed by atoms with van der Waals surface area (Å²) in [4.78, 5) is 16.5. The quantitative estimate of drug-likeness (QED) is 0.518. The van der Waals surface area contributed by atoms with Crippen LogP contribution in [0.15, 0.2) is 36.5 Å². The van der Waals surface area contributed by atoms with E-state index >= 15 is 0 Å². The topological polar surface area (TPSA) is 65.2 Å². The van der Waals surface area contributed by atoms with Gasteiger partial charge in [0.25, 0.3) is 0 Å². The Bertz CT molecular complexity index is 639. The Kier molecular flexibility index (Phi) is 4.98. The molecule has 0 amide bonds. The van der Waals surface area contributed by atoms with E-state index in [0.717, 1.165) is 16.7 Å². The molecule has 0 fully saturated rings. The summed E-state index contributed by atoms with van der Waals surface area (Å²) < 4.78 is 5.18.